The molecule has 0 spiro atoms. The first-order chi connectivity index (χ1) is 8.85. The average Bonchev–Trinajstić information content (AvgIpc) is 2.45. The molecular formula is C15H18NO2+. The Balaban J connectivity index is 2.23. The summed E-state index contributed by atoms with van der Waals surface area (Å²) in [5.74, 6) is 1.12. The summed E-state index contributed by atoms with van der Waals surface area (Å²) in [5, 5.41) is 14.1. The second-order valence-electron chi connectivity index (χ2n) is 4.81. The minimum absolute atomic E-state index is 0.160. The van der Waals surface area contributed by atoms with Gasteiger partial charge >= 0.3 is 0 Å². The van der Waals surface area contributed by atoms with Crippen molar-refractivity contribution in [3.05, 3.63) is 42.0 Å². The molecule has 0 aromatic heterocycles. The van der Waals surface area contributed by atoms with E-state index in [1.807, 2.05) is 12.1 Å². The molecular weight excluding hydrogens is 226 g/mol. The predicted octanol–water partition coefficient (Wildman–Crippen LogP) is 1.07. The Morgan fingerprint density at radius 1 is 1.28 bits per heavy atom. The monoisotopic (exact) mass is 244 g/mol. The predicted molar refractivity (Wildman–Crippen MR) is 70.6 cm³/mol. The largest absolute Gasteiger partial charge is 0.492 e. The van der Waals surface area contributed by atoms with Crippen molar-refractivity contribution in [3.63, 3.8) is 0 Å². The van der Waals surface area contributed by atoms with Gasteiger partial charge in [-0.15, -0.1) is 0 Å². The second kappa shape index (κ2) is 4.59. The van der Waals surface area contributed by atoms with Gasteiger partial charge in [-0.1, -0.05) is 30.3 Å². The van der Waals surface area contributed by atoms with Crippen molar-refractivity contribution < 1.29 is 15.2 Å². The van der Waals surface area contributed by atoms with Crippen LogP contribution in [0.5, 0.6) is 5.75 Å². The molecule has 3 heteroatoms. The zero-order valence-corrected chi connectivity index (χ0v) is 10.5. The molecule has 1 aliphatic rings. The Hall–Kier alpha value is -1.58. The normalized spacial score (nSPS) is 22.6. The van der Waals surface area contributed by atoms with Crippen LogP contribution < -0.4 is 10.1 Å². The van der Waals surface area contributed by atoms with Gasteiger partial charge in [-0.2, -0.15) is 0 Å². The van der Waals surface area contributed by atoms with Crippen molar-refractivity contribution in [2.75, 3.05) is 20.3 Å². The molecule has 2 atom stereocenters. The van der Waals surface area contributed by atoms with Crippen LogP contribution in [0.4, 0.5) is 0 Å². The van der Waals surface area contributed by atoms with Gasteiger partial charge in [0.25, 0.3) is 0 Å². The first kappa shape index (κ1) is 11.5. The van der Waals surface area contributed by atoms with E-state index >= 15 is 0 Å². The maximum atomic E-state index is 9.49. The van der Waals surface area contributed by atoms with Gasteiger partial charge in [0, 0.05) is 0 Å². The molecule has 1 heterocycles. The van der Waals surface area contributed by atoms with Gasteiger partial charge in [0.1, 0.15) is 11.8 Å². The number of hydrogen-bond acceptors (Lipinski definition) is 2. The van der Waals surface area contributed by atoms with Crippen LogP contribution in [0.3, 0.4) is 0 Å². The van der Waals surface area contributed by atoms with E-state index in [0.717, 1.165) is 5.75 Å². The van der Waals surface area contributed by atoms with Gasteiger partial charge in [-0.25, -0.2) is 0 Å². The first-order valence-corrected chi connectivity index (χ1v) is 6.40. The molecule has 94 valence electrons. The van der Waals surface area contributed by atoms with Crippen LogP contribution in [0.25, 0.3) is 10.8 Å². The van der Waals surface area contributed by atoms with E-state index < -0.39 is 0 Å². The van der Waals surface area contributed by atoms with E-state index in [-0.39, 0.29) is 18.6 Å². The van der Waals surface area contributed by atoms with Gasteiger partial charge < -0.3 is 15.2 Å². The number of fused-ring (bicyclic) bond motifs is 3. The number of rotatable bonds is 2. The third-order valence-electron chi connectivity index (χ3n) is 3.82. The van der Waals surface area contributed by atoms with E-state index in [9.17, 15) is 5.11 Å². The lowest BCUT2D eigenvalue weighted by molar-refractivity contribution is -0.679. The van der Waals surface area contributed by atoms with Crippen molar-refractivity contribution in [2.45, 2.75) is 6.04 Å². The fourth-order valence-corrected chi connectivity index (χ4v) is 2.89. The fraction of sp³-hybridized carbons (Fsp3) is 0.333. The van der Waals surface area contributed by atoms with Gasteiger partial charge in [0.05, 0.1) is 31.7 Å². The lowest BCUT2D eigenvalue weighted by Gasteiger charge is -2.30. The molecule has 2 unspecified atom stereocenters. The van der Waals surface area contributed by atoms with E-state index in [1.54, 1.807) is 0 Å². The molecule has 2 aromatic carbocycles. The standard InChI is InChI=1S/C15H17NO2/c1-16-15-11(8-17)9-18-13-7-6-10-4-2-3-5-12(10)14(13)15/h2-7,11,15-17H,8-9H2,1H3/p+1. The topological polar surface area (TPSA) is 46.1 Å². The SMILES string of the molecule is C[NH2+]C1c2c(ccc3ccccc23)OCC1CO. The molecule has 0 amide bonds. The van der Waals surface area contributed by atoms with E-state index in [2.05, 4.69) is 36.6 Å². The third-order valence-corrected chi connectivity index (χ3v) is 3.82. The number of nitrogens with two attached hydrogens (primary N) is 1. The molecule has 3 rings (SSSR count). The summed E-state index contributed by atoms with van der Waals surface area (Å²) >= 11 is 0. The maximum absolute atomic E-state index is 9.49. The summed E-state index contributed by atoms with van der Waals surface area (Å²) in [6, 6.07) is 12.8. The van der Waals surface area contributed by atoms with E-state index in [0.29, 0.717) is 6.61 Å². The molecule has 0 saturated heterocycles. The Morgan fingerprint density at radius 3 is 2.89 bits per heavy atom. The van der Waals surface area contributed by atoms with Crippen LogP contribution in [0.2, 0.25) is 0 Å². The summed E-state index contributed by atoms with van der Waals surface area (Å²) in [4.78, 5) is 0. The summed E-state index contributed by atoms with van der Waals surface area (Å²) < 4.78 is 5.79. The van der Waals surface area contributed by atoms with Crippen molar-refractivity contribution in [1.29, 1.82) is 0 Å². The lowest BCUT2D eigenvalue weighted by atomic mass is 9.88. The van der Waals surface area contributed by atoms with Crippen molar-refractivity contribution >= 4 is 10.8 Å². The summed E-state index contributed by atoms with van der Waals surface area (Å²) in [5.41, 5.74) is 1.22. The molecule has 0 bridgehead atoms. The second-order valence-corrected chi connectivity index (χ2v) is 4.81. The van der Waals surface area contributed by atoms with Gasteiger partial charge in [0.2, 0.25) is 0 Å². The Labute approximate surface area is 106 Å². The summed E-state index contributed by atoms with van der Waals surface area (Å²) in [7, 11) is 2.06. The number of hydrogen-bond donors (Lipinski definition) is 2. The van der Waals surface area contributed by atoms with Gasteiger partial charge in [-0.3, -0.25) is 0 Å². The summed E-state index contributed by atoms with van der Waals surface area (Å²) in [6.07, 6.45) is 0. The molecule has 3 N–H and O–H groups in total. The van der Waals surface area contributed by atoms with Crippen molar-refractivity contribution in [2.24, 2.45) is 5.92 Å². The molecule has 0 aliphatic carbocycles. The zero-order valence-electron chi connectivity index (χ0n) is 10.5. The van der Waals surface area contributed by atoms with Crippen LogP contribution in [-0.2, 0) is 0 Å². The van der Waals surface area contributed by atoms with Crippen LogP contribution in [0.1, 0.15) is 11.6 Å². The molecule has 18 heavy (non-hydrogen) atoms. The Kier molecular flexibility index (Phi) is 2.94. The number of benzene rings is 2. The van der Waals surface area contributed by atoms with Crippen molar-refractivity contribution in [1.82, 2.24) is 0 Å². The molecule has 0 fully saturated rings. The molecule has 0 saturated carbocycles. The van der Waals surface area contributed by atoms with Crippen LogP contribution in [-0.4, -0.2) is 25.4 Å². The molecule has 2 aromatic rings. The highest BCUT2D eigenvalue weighted by atomic mass is 16.5. The lowest BCUT2D eigenvalue weighted by Crippen LogP contribution is -2.83. The molecule has 1 aliphatic heterocycles. The van der Waals surface area contributed by atoms with Crippen LogP contribution in [0, 0.1) is 5.92 Å². The fourth-order valence-electron chi connectivity index (χ4n) is 2.89. The van der Waals surface area contributed by atoms with Crippen molar-refractivity contribution in [3.8, 4) is 5.75 Å². The van der Waals surface area contributed by atoms with Gasteiger partial charge in [0.15, 0.2) is 0 Å². The minimum atomic E-state index is 0.160. The highest BCUT2D eigenvalue weighted by molar-refractivity contribution is 5.88. The zero-order chi connectivity index (χ0) is 12.5. The molecule has 3 nitrogen and oxygen atoms in total. The maximum Gasteiger partial charge on any atom is 0.129 e. The third kappa shape index (κ3) is 1.67. The minimum Gasteiger partial charge on any atom is -0.492 e. The highest BCUT2D eigenvalue weighted by Crippen LogP contribution is 2.38. The number of ether oxygens (including phenoxy) is 1. The smallest absolute Gasteiger partial charge is 0.129 e. The number of quaternary nitrogens is 1. The summed E-state index contributed by atoms with van der Waals surface area (Å²) in [6.45, 7) is 0.758. The van der Waals surface area contributed by atoms with Crippen LogP contribution >= 0.6 is 0 Å². The van der Waals surface area contributed by atoms with E-state index in [1.165, 1.54) is 16.3 Å². The van der Waals surface area contributed by atoms with Gasteiger partial charge in [-0.05, 0) is 16.8 Å². The first-order valence-electron chi connectivity index (χ1n) is 6.40. The van der Waals surface area contributed by atoms with E-state index in [4.69, 9.17) is 4.74 Å². The Bertz CT molecular complexity index is 567. The molecule has 0 radical (unpaired) electrons. The Morgan fingerprint density at radius 2 is 2.11 bits per heavy atom. The number of aliphatic hydroxyl groups excluding tert-OH is 1. The quantitative estimate of drug-likeness (QED) is 0.830. The highest BCUT2D eigenvalue weighted by Gasteiger charge is 2.33. The average molecular weight is 244 g/mol. The van der Waals surface area contributed by atoms with Crippen LogP contribution in [0.15, 0.2) is 36.4 Å². The number of aliphatic hydroxyl groups is 1.